The van der Waals surface area contributed by atoms with Crippen molar-refractivity contribution in [1.29, 1.82) is 0 Å². The Hall–Kier alpha value is -0.300. The van der Waals surface area contributed by atoms with E-state index >= 15 is 0 Å². The Morgan fingerprint density at radius 2 is 1.92 bits per heavy atom. The van der Waals surface area contributed by atoms with Crippen LogP contribution in [0, 0.1) is 5.92 Å². The normalized spacial score (nSPS) is 12.8. The van der Waals surface area contributed by atoms with E-state index in [2.05, 4.69) is 53.2 Å². The summed E-state index contributed by atoms with van der Waals surface area (Å²) in [5.74, 6) is 0.783. The van der Waals surface area contributed by atoms with Crippen molar-refractivity contribution in [2.24, 2.45) is 5.92 Å². The molecule has 1 aromatic carbocycles. The van der Waals surface area contributed by atoms with Crippen molar-refractivity contribution in [3.8, 4) is 0 Å². The van der Waals surface area contributed by atoms with Gasteiger partial charge in [0.1, 0.15) is 0 Å². The van der Waals surface area contributed by atoms with Crippen LogP contribution in [0.4, 0.5) is 0 Å². The minimum Gasteiger partial charge on any atom is -0.0925 e. The minimum absolute atomic E-state index is 0.783. The quantitative estimate of drug-likeness (QED) is 0.688. The molecule has 0 fully saturated rings. The van der Waals surface area contributed by atoms with Gasteiger partial charge >= 0.3 is 0 Å². The van der Waals surface area contributed by atoms with Gasteiger partial charge in [0.05, 0.1) is 0 Å². The average Bonchev–Trinajstić information content (AvgIpc) is 2.16. The topological polar surface area (TPSA) is 0 Å². The molecule has 0 nitrogen and oxygen atoms in total. The predicted molar refractivity (Wildman–Crippen MR) is 57.7 cm³/mol. The van der Waals surface area contributed by atoms with Crippen LogP contribution < -0.4 is 0 Å². The Labute approximate surface area is 83.1 Å². The van der Waals surface area contributed by atoms with Crippen LogP contribution in [0.3, 0.4) is 0 Å². The van der Waals surface area contributed by atoms with Gasteiger partial charge in [0.25, 0.3) is 0 Å². The Morgan fingerprint density at radius 3 is 2.50 bits per heavy atom. The molecule has 1 aromatic rings. The largest absolute Gasteiger partial charge is 0.0925 e. The fourth-order valence-electron chi connectivity index (χ4n) is 1.13. The molecule has 0 spiro atoms. The van der Waals surface area contributed by atoms with Crippen molar-refractivity contribution >= 4 is 15.9 Å². The zero-order valence-corrected chi connectivity index (χ0v) is 9.05. The summed E-state index contributed by atoms with van der Waals surface area (Å²) in [4.78, 5) is 0. The summed E-state index contributed by atoms with van der Waals surface area (Å²) >= 11 is 3.49. The van der Waals surface area contributed by atoms with Gasteiger partial charge in [0, 0.05) is 5.33 Å². The van der Waals surface area contributed by atoms with E-state index in [-0.39, 0.29) is 0 Å². The number of benzene rings is 1. The van der Waals surface area contributed by atoms with Crippen molar-refractivity contribution in [2.75, 3.05) is 5.33 Å². The summed E-state index contributed by atoms with van der Waals surface area (Å²) in [6, 6.07) is 10.7. The highest BCUT2D eigenvalue weighted by Gasteiger charge is 1.99. The molecular formula is C11H15Br. The summed E-state index contributed by atoms with van der Waals surface area (Å²) in [6.45, 7) is 2.28. The molecule has 1 rings (SSSR count). The highest BCUT2D eigenvalue weighted by molar-refractivity contribution is 9.09. The van der Waals surface area contributed by atoms with Crippen LogP contribution in [0.1, 0.15) is 18.9 Å². The Bertz CT molecular complexity index is 206. The molecular weight excluding hydrogens is 212 g/mol. The third-order valence-electron chi connectivity index (χ3n) is 2.03. The molecule has 0 amide bonds. The Kier molecular flexibility index (Phi) is 4.37. The lowest BCUT2D eigenvalue weighted by molar-refractivity contribution is 0.600. The van der Waals surface area contributed by atoms with Crippen molar-refractivity contribution in [1.82, 2.24) is 0 Å². The molecule has 1 heteroatoms. The summed E-state index contributed by atoms with van der Waals surface area (Å²) in [7, 11) is 0. The number of hydrogen-bond donors (Lipinski definition) is 0. The molecule has 0 aliphatic rings. The highest BCUT2D eigenvalue weighted by atomic mass is 79.9. The second kappa shape index (κ2) is 5.36. The van der Waals surface area contributed by atoms with Crippen molar-refractivity contribution in [3.63, 3.8) is 0 Å². The standard InChI is InChI=1S/C11H15Br/c1-10(9-12)7-8-11-5-3-2-4-6-11/h2-6,10H,7-9H2,1H3. The molecule has 0 heterocycles. The number of rotatable bonds is 4. The van der Waals surface area contributed by atoms with E-state index in [4.69, 9.17) is 0 Å². The van der Waals surface area contributed by atoms with Crippen LogP contribution in [0.15, 0.2) is 30.3 Å². The van der Waals surface area contributed by atoms with Crippen LogP contribution in [-0.4, -0.2) is 5.33 Å². The molecule has 0 saturated carbocycles. The number of alkyl halides is 1. The van der Waals surface area contributed by atoms with Gasteiger partial charge in [-0.3, -0.25) is 0 Å². The van der Waals surface area contributed by atoms with Gasteiger partial charge in [-0.1, -0.05) is 53.2 Å². The van der Waals surface area contributed by atoms with Crippen LogP contribution in [0.2, 0.25) is 0 Å². The first-order valence-corrected chi connectivity index (χ1v) is 5.55. The third kappa shape index (κ3) is 3.40. The van der Waals surface area contributed by atoms with Crippen molar-refractivity contribution < 1.29 is 0 Å². The number of hydrogen-bond acceptors (Lipinski definition) is 0. The summed E-state index contributed by atoms with van der Waals surface area (Å²) in [5, 5.41) is 1.11. The van der Waals surface area contributed by atoms with E-state index in [9.17, 15) is 0 Å². The zero-order chi connectivity index (χ0) is 8.81. The van der Waals surface area contributed by atoms with E-state index < -0.39 is 0 Å². The van der Waals surface area contributed by atoms with Gasteiger partial charge in [-0.05, 0) is 24.3 Å². The second-order valence-electron chi connectivity index (χ2n) is 3.28. The maximum Gasteiger partial charge on any atom is 0.00571 e. The molecule has 0 aliphatic heterocycles. The molecule has 1 atom stereocenters. The zero-order valence-electron chi connectivity index (χ0n) is 7.46. The molecule has 0 radical (unpaired) electrons. The maximum absolute atomic E-state index is 3.49. The first-order valence-electron chi connectivity index (χ1n) is 4.43. The second-order valence-corrected chi connectivity index (χ2v) is 3.93. The van der Waals surface area contributed by atoms with Gasteiger partial charge in [-0.15, -0.1) is 0 Å². The minimum atomic E-state index is 0.783. The van der Waals surface area contributed by atoms with Gasteiger partial charge in [-0.25, -0.2) is 0 Å². The van der Waals surface area contributed by atoms with Crippen molar-refractivity contribution in [3.05, 3.63) is 35.9 Å². The molecule has 0 bridgehead atoms. The van der Waals surface area contributed by atoms with E-state index in [0.717, 1.165) is 11.2 Å². The molecule has 0 N–H and O–H groups in total. The lowest BCUT2D eigenvalue weighted by Crippen LogP contribution is -1.97. The molecule has 12 heavy (non-hydrogen) atoms. The lowest BCUT2D eigenvalue weighted by Gasteiger charge is -2.06. The molecule has 66 valence electrons. The monoisotopic (exact) mass is 226 g/mol. The first kappa shape index (κ1) is 9.79. The lowest BCUT2D eigenvalue weighted by atomic mass is 10.0. The number of aryl methyl sites for hydroxylation is 1. The Balaban J connectivity index is 2.33. The van der Waals surface area contributed by atoms with Crippen molar-refractivity contribution in [2.45, 2.75) is 19.8 Å². The summed E-state index contributed by atoms with van der Waals surface area (Å²) in [5.41, 5.74) is 1.45. The summed E-state index contributed by atoms with van der Waals surface area (Å²) < 4.78 is 0. The summed E-state index contributed by atoms with van der Waals surface area (Å²) in [6.07, 6.45) is 2.48. The average molecular weight is 227 g/mol. The highest BCUT2D eigenvalue weighted by Crippen LogP contribution is 2.10. The van der Waals surface area contributed by atoms with Crippen LogP contribution in [0.25, 0.3) is 0 Å². The molecule has 0 saturated heterocycles. The van der Waals surface area contributed by atoms with Gasteiger partial charge in [0.15, 0.2) is 0 Å². The van der Waals surface area contributed by atoms with Gasteiger partial charge < -0.3 is 0 Å². The van der Waals surface area contributed by atoms with Crippen LogP contribution in [0.5, 0.6) is 0 Å². The van der Waals surface area contributed by atoms with E-state index in [1.807, 2.05) is 0 Å². The first-order chi connectivity index (χ1) is 5.83. The van der Waals surface area contributed by atoms with E-state index in [0.29, 0.717) is 0 Å². The van der Waals surface area contributed by atoms with Gasteiger partial charge in [0.2, 0.25) is 0 Å². The van der Waals surface area contributed by atoms with E-state index in [1.54, 1.807) is 0 Å². The maximum atomic E-state index is 3.49. The SMILES string of the molecule is CC(CBr)CCc1ccccc1. The Morgan fingerprint density at radius 1 is 1.25 bits per heavy atom. The molecule has 0 aromatic heterocycles. The van der Waals surface area contributed by atoms with Crippen LogP contribution in [-0.2, 0) is 6.42 Å². The van der Waals surface area contributed by atoms with E-state index in [1.165, 1.54) is 18.4 Å². The molecule has 0 aliphatic carbocycles. The third-order valence-corrected chi connectivity index (χ3v) is 3.14. The fraction of sp³-hybridized carbons (Fsp3) is 0.455. The predicted octanol–water partition coefficient (Wildman–Crippen LogP) is 3.65. The van der Waals surface area contributed by atoms with Gasteiger partial charge in [-0.2, -0.15) is 0 Å². The fourth-order valence-corrected chi connectivity index (χ4v) is 1.46. The smallest absolute Gasteiger partial charge is 0.00571 e. The number of halogens is 1. The molecule has 1 unspecified atom stereocenters. The van der Waals surface area contributed by atoms with Crippen LogP contribution >= 0.6 is 15.9 Å².